The first-order valence-electron chi connectivity index (χ1n) is 11.7. The number of aryl methyl sites for hydroxylation is 1. The van der Waals surface area contributed by atoms with E-state index in [2.05, 4.69) is 10.3 Å². The number of Topliss-reactive ketones (excluding diaryl/α,β-unsaturated/α-hetero) is 1. The van der Waals surface area contributed by atoms with Gasteiger partial charge in [-0.1, -0.05) is 29.8 Å². The van der Waals surface area contributed by atoms with Crippen molar-refractivity contribution in [2.75, 3.05) is 6.54 Å². The van der Waals surface area contributed by atoms with E-state index < -0.39 is 5.97 Å². The molecule has 2 heterocycles. The van der Waals surface area contributed by atoms with Crippen molar-refractivity contribution in [3.05, 3.63) is 88.2 Å². The molecule has 4 rings (SSSR count). The minimum absolute atomic E-state index is 0.00946. The summed E-state index contributed by atoms with van der Waals surface area (Å²) in [6.07, 6.45) is 2.15. The van der Waals surface area contributed by atoms with Gasteiger partial charge in [0, 0.05) is 38.1 Å². The highest BCUT2D eigenvalue weighted by molar-refractivity contribution is 7.21. The summed E-state index contributed by atoms with van der Waals surface area (Å²) in [6, 6.07) is 15.2. The second-order valence-electron chi connectivity index (χ2n) is 8.62. The molecule has 0 aliphatic heterocycles. The summed E-state index contributed by atoms with van der Waals surface area (Å²) in [5.74, 6) is -0.557. The summed E-state index contributed by atoms with van der Waals surface area (Å²) in [4.78, 5) is 40.3. The summed E-state index contributed by atoms with van der Waals surface area (Å²) in [5.41, 5.74) is 2.72. The third-order valence-corrected chi connectivity index (χ3v) is 6.73. The Hall–Kier alpha value is -4.11. The Labute approximate surface area is 216 Å². The number of nitrogens with one attached hydrogen (secondary N) is 1. The average Bonchev–Trinajstić information content (AvgIpc) is 3.31. The van der Waals surface area contributed by atoms with E-state index in [1.165, 1.54) is 17.4 Å². The van der Waals surface area contributed by atoms with Crippen molar-refractivity contribution in [3.63, 3.8) is 0 Å². The molecule has 0 bridgehead atoms. The Morgan fingerprint density at radius 1 is 1.05 bits per heavy atom. The molecule has 7 nitrogen and oxygen atoms in total. The first-order chi connectivity index (χ1) is 17.8. The number of carboxylic acids is 1. The van der Waals surface area contributed by atoms with Crippen LogP contribution in [0.15, 0.2) is 60.8 Å². The van der Waals surface area contributed by atoms with Crippen LogP contribution < -0.4 is 10.1 Å². The van der Waals surface area contributed by atoms with Gasteiger partial charge in [-0.15, -0.1) is 11.3 Å². The molecule has 0 saturated carbocycles. The lowest BCUT2D eigenvalue weighted by Gasteiger charge is -2.08. The normalized spacial score (nSPS) is 10.9. The molecule has 1 amide bonds. The number of fused-ring (bicyclic) bond motifs is 1. The molecule has 0 fully saturated rings. The van der Waals surface area contributed by atoms with Crippen molar-refractivity contribution in [2.24, 2.45) is 0 Å². The summed E-state index contributed by atoms with van der Waals surface area (Å²) in [7, 11) is 0. The van der Waals surface area contributed by atoms with Crippen molar-refractivity contribution in [2.45, 2.75) is 32.6 Å². The number of aliphatic carboxylic acids is 1. The Kier molecular flexibility index (Phi) is 8.25. The first-order valence-corrected chi connectivity index (χ1v) is 12.5. The molecule has 0 radical (unpaired) electrons. The average molecular weight is 521 g/mol. The number of nitrogens with zero attached hydrogens (tertiary/aromatic N) is 1. The van der Waals surface area contributed by atoms with E-state index in [1.54, 1.807) is 54.7 Å². The fourth-order valence-electron chi connectivity index (χ4n) is 3.78. The van der Waals surface area contributed by atoms with Gasteiger partial charge in [-0.25, -0.2) is 4.39 Å². The van der Waals surface area contributed by atoms with Crippen molar-refractivity contribution >= 4 is 39.2 Å². The molecule has 0 saturated heterocycles. The van der Waals surface area contributed by atoms with Crippen molar-refractivity contribution in [1.82, 2.24) is 10.3 Å². The van der Waals surface area contributed by atoms with Crippen LogP contribution in [-0.2, 0) is 22.4 Å². The van der Waals surface area contributed by atoms with Gasteiger partial charge in [-0.05, 0) is 48.7 Å². The van der Waals surface area contributed by atoms with Gasteiger partial charge in [0.25, 0.3) is 5.91 Å². The number of hydrogen-bond donors (Lipinski definition) is 2. The topological polar surface area (TPSA) is 106 Å². The van der Waals surface area contributed by atoms with Crippen LogP contribution in [0.1, 0.15) is 39.2 Å². The number of ketones is 1. The number of benzene rings is 2. The Balaban J connectivity index is 1.39. The molecular formula is C28H25FN2O5S. The number of thiophene rings is 1. The van der Waals surface area contributed by atoms with Crippen LogP contribution in [0, 0.1) is 12.7 Å². The second-order valence-corrected chi connectivity index (χ2v) is 9.67. The molecule has 9 heteroatoms. The zero-order chi connectivity index (χ0) is 26.4. The number of carbonyl (C=O) groups excluding carboxylic acids is 2. The molecule has 2 aromatic heterocycles. The lowest BCUT2D eigenvalue weighted by Crippen LogP contribution is -2.23. The smallest absolute Gasteiger partial charge is 0.303 e. The van der Waals surface area contributed by atoms with Crippen LogP contribution in [0.3, 0.4) is 0 Å². The van der Waals surface area contributed by atoms with Gasteiger partial charge in [0.1, 0.15) is 23.1 Å². The number of hydrogen-bond acceptors (Lipinski definition) is 6. The minimum atomic E-state index is -0.903. The van der Waals surface area contributed by atoms with E-state index in [4.69, 9.17) is 9.84 Å². The van der Waals surface area contributed by atoms with E-state index in [-0.39, 0.29) is 43.3 Å². The molecule has 2 aromatic carbocycles. The highest BCUT2D eigenvalue weighted by Gasteiger charge is 2.15. The van der Waals surface area contributed by atoms with Crippen LogP contribution in [-0.4, -0.2) is 34.3 Å². The maximum atomic E-state index is 14.0. The SMILES string of the molecule is Cc1ccc(F)c(CC(=O)Cc2ccc(Oc3ccnc4cc(C(=O)NCCCC(=O)O)sc34)cc2)c1. The number of halogens is 1. The molecule has 190 valence electrons. The largest absolute Gasteiger partial charge is 0.481 e. The van der Waals surface area contributed by atoms with Crippen LogP contribution in [0.25, 0.3) is 10.2 Å². The standard InChI is InChI=1S/C28H25FN2O5S/c1-17-4-9-22(29)19(13-17)15-20(32)14-18-5-7-21(8-6-18)36-24-10-12-30-23-16-25(37-27(23)24)28(35)31-11-2-3-26(33)34/h4-10,12-13,16H,2-3,11,14-15H2,1H3,(H,31,35)(H,33,34). The molecule has 0 spiro atoms. The molecule has 0 aliphatic carbocycles. The maximum Gasteiger partial charge on any atom is 0.303 e. The number of ether oxygens (including phenoxy) is 1. The Morgan fingerprint density at radius 2 is 1.84 bits per heavy atom. The van der Waals surface area contributed by atoms with Crippen LogP contribution in [0.4, 0.5) is 4.39 Å². The third kappa shape index (κ3) is 6.98. The van der Waals surface area contributed by atoms with Gasteiger partial charge in [0.05, 0.1) is 15.1 Å². The van der Waals surface area contributed by atoms with Gasteiger partial charge < -0.3 is 15.2 Å². The maximum absolute atomic E-state index is 14.0. The van der Waals surface area contributed by atoms with Gasteiger partial charge in [-0.3, -0.25) is 19.4 Å². The molecule has 0 atom stereocenters. The van der Waals surface area contributed by atoms with E-state index in [9.17, 15) is 18.8 Å². The van der Waals surface area contributed by atoms with Crippen LogP contribution >= 0.6 is 11.3 Å². The second kappa shape index (κ2) is 11.7. The number of aromatic nitrogens is 1. The number of rotatable bonds is 11. The molecule has 2 N–H and O–H groups in total. The van der Waals surface area contributed by atoms with Crippen LogP contribution in [0.2, 0.25) is 0 Å². The third-order valence-electron chi connectivity index (χ3n) is 5.59. The monoisotopic (exact) mass is 520 g/mol. The molecule has 37 heavy (non-hydrogen) atoms. The zero-order valence-corrected chi connectivity index (χ0v) is 20.9. The molecular weight excluding hydrogens is 495 g/mol. The number of amides is 1. The van der Waals surface area contributed by atoms with Gasteiger partial charge in [0.2, 0.25) is 0 Å². The summed E-state index contributed by atoms with van der Waals surface area (Å²) >= 11 is 1.24. The van der Waals surface area contributed by atoms with E-state index >= 15 is 0 Å². The van der Waals surface area contributed by atoms with Crippen molar-refractivity contribution in [1.29, 1.82) is 0 Å². The first kappa shape index (κ1) is 26.0. The highest BCUT2D eigenvalue weighted by Crippen LogP contribution is 2.35. The Bertz CT molecular complexity index is 1450. The highest BCUT2D eigenvalue weighted by atomic mass is 32.1. The quantitative estimate of drug-likeness (QED) is 0.254. The number of pyridine rings is 1. The lowest BCUT2D eigenvalue weighted by molar-refractivity contribution is -0.137. The van der Waals surface area contributed by atoms with Gasteiger partial charge >= 0.3 is 5.97 Å². The summed E-state index contributed by atoms with van der Waals surface area (Å²) in [6.45, 7) is 2.13. The van der Waals surface area contributed by atoms with E-state index in [0.717, 1.165) is 11.1 Å². The fraction of sp³-hybridized carbons (Fsp3) is 0.214. The zero-order valence-electron chi connectivity index (χ0n) is 20.1. The molecule has 4 aromatic rings. The predicted octanol–water partition coefficient (Wildman–Crippen LogP) is 5.49. The fourth-order valence-corrected chi connectivity index (χ4v) is 4.76. The molecule has 0 unspecified atom stereocenters. The van der Waals surface area contributed by atoms with E-state index in [0.29, 0.717) is 38.6 Å². The Morgan fingerprint density at radius 3 is 2.59 bits per heavy atom. The minimum Gasteiger partial charge on any atom is -0.481 e. The summed E-state index contributed by atoms with van der Waals surface area (Å²) in [5, 5.41) is 11.4. The molecule has 0 aliphatic rings. The number of carbonyl (C=O) groups is 3. The lowest BCUT2D eigenvalue weighted by atomic mass is 10.0. The van der Waals surface area contributed by atoms with Crippen molar-refractivity contribution in [3.8, 4) is 11.5 Å². The van der Waals surface area contributed by atoms with E-state index in [1.807, 2.05) is 6.92 Å². The summed E-state index contributed by atoms with van der Waals surface area (Å²) < 4.78 is 20.7. The number of carboxylic acid groups (broad SMARTS) is 1. The predicted molar refractivity (Wildman–Crippen MR) is 139 cm³/mol. The van der Waals surface area contributed by atoms with Gasteiger partial charge in [-0.2, -0.15) is 0 Å². The van der Waals surface area contributed by atoms with Gasteiger partial charge in [0.15, 0.2) is 0 Å². The van der Waals surface area contributed by atoms with Crippen LogP contribution in [0.5, 0.6) is 11.5 Å². The van der Waals surface area contributed by atoms with Crippen molar-refractivity contribution < 1.29 is 28.6 Å².